The summed E-state index contributed by atoms with van der Waals surface area (Å²) >= 11 is 0. The molecule has 37 heavy (non-hydrogen) atoms. The van der Waals surface area contributed by atoms with E-state index in [0.29, 0.717) is 6.54 Å². The molecular formula is C30H51N3O4. The molecule has 7 heteroatoms. The van der Waals surface area contributed by atoms with Crippen LogP contribution in [-0.4, -0.2) is 47.5 Å². The maximum absolute atomic E-state index is 13.7. The number of rotatable bonds is 15. The molecule has 0 aromatic heterocycles. The predicted molar refractivity (Wildman–Crippen MR) is 150 cm³/mol. The van der Waals surface area contributed by atoms with Crippen molar-refractivity contribution in [1.29, 1.82) is 0 Å². The van der Waals surface area contributed by atoms with Crippen LogP contribution in [0.1, 0.15) is 116 Å². The van der Waals surface area contributed by atoms with Crippen molar-refractivity contribution >= 4 is 17.9 Å². The third-order valence-electron chi connectivity index (χ3n) is 6.26. The molecule has 0 fully saturated rings. The molecule has 0 saturated carbocycles. The number of nitrogens with zero attached hydrogens (tertiary/aromatic N) is 1. The number of benzene rings is 1. The molecule has 0 bridgehead atoms. The Balaban J connectivity index is 3.26. The topological polar surface area (TPSA) is 87.7 Å². The summed E-state index contributed by atoms with van der Waals surface area (Å²) in [6.07, 6.45) is 7.58. The Morgan fingerprint density at radius 1 is 0.973 bits per heavy atom. The van der Waals surface area contributed by atoms with Crippen LogP contribution in [0, 0.1) is 13.8 Å². The van der Waals surface area contributed by atoms with Gasteiger partial charge < -0.3 is 20.3 Å². The predicted octanol–water partition coefficient (Wildman–Crippen LogP) is 6.36. The number of ether oxygens (including phenoxy) is 1. The van der Waals surface area contributed by atoms with Crippen LogP contribution in [0.25, 0.3) is 0 Å². The summed E-state index contributed by atoms with van der Waals surface area (Å²) in [5.41, 5.74) is 2.13. The van der Waals surface area contributed by atoms with Crippen LogP contribution in [0.4, 0.5) is 4.79 Å². The average molecular weight is 518 g/mol. The van der Waals surface area contributed by atoms with Crippen molar-refractivity contribution in [2.75, 3.05) is 13.1 Å². The highest BCUT2D eigenvalue weighted by Crippen LogP contribution is 2.27. The summed E-state index contributed by atoms with van der Waals surface area (Å²) < 4.78 is 5.31. The molecule has 3 amide bonds. The van der Waals surface area contributed by atoms with Crippen LogP contribution in [0.3, 0.4) is 0 Å². The molecule has 2 unspecified atom stereocenters. The highest BCUT2D eigenvalue weighted by molar-refractivity contribution is 5.90. The lowest BCUT2D eigenvalue weighted by Gasteiger charge is -2.33. The Morgan fingerprint density at radius 2 is 1.62 bits per heavy atom. The minimum atomic E-state index is -0.775. The van der Waals surface area contributed by atoms with E-state index in [2.05, 4.69) is 24.5 Å². The lowest BCUT2D eigenvalue weighted by molar-refractivity contribution is -0.140. The second kappa shape index (κ2) is 16.3. The largest absolute Gasteiger partial charge is 0.444 e. The first-order chi connectivity index (χ1) is 17.4. The van der Waals surface area contributed by atoms with Gasteiger partial charge >= 0.3 is 6.09 Å². The van der Waals surface area contributed by atoms with E-state index in [1.807, 2.05) is 39.0 Å². The van der Waals surface area contributed by atoms with Crippen LogP contribution < -0.4 is 10.6 Å². The van der Waals surface area contributed by atoms with E-state index in [4.69, 9.17) is 4.74 Å². The fraction of sp³-hybridized carbons (Fsp3) is 0.700. The van der Waals surface area contributed by atoms with Gasteiger partial charge in [0, 0.05) is 12.6 Å². The van der Waals surface area contributed by atoms with Crippen molar-refractivity contribution in [1.82, 2.24) is 15.5 Å². The molecule has 2 N–H and O–H groups in total. The minimum Gasteiger partial charge on any atom is -0.444 e. The van der Waals surface area contributed by atoms with Crippen molar-refractivity contribution < 1.29 is 19.1 Å². The first-order valence-corrected chi connectivity index (χ1v) is 14.0. The van der Waals surface area contributed by atoms with E-state index in [-0.39, 0.29) is 24.4 Å². The fourth-order valence-corrected chi connectivity index (χ4v) is 4.36. The zero-order valence-electron chi connectivity index (χ0n) is 24.5. The van der Waals surface area contributed by atoms with E-state index >= 15 is 0 Å². The van der Waals surface area contributed by atoms with Crippen molar-refractivity contribution in [2.24, 2.45) is 0 Å². The molecule has 2 atom stereocenters. The van der Waals surface area contributed by atoms with E-state index in [9.17, 15) is 14.4 Å². The zero-order chi connectivity index (χ0) is 28.0. The SMILES string of the molecule is CCCCCCCCN(C(=O)CNC(=O)OC(C)(C)C)C(C(=O)NC(C)CCC)c1cc(C)ccc1C. The Hall–Kier alpha value is -2.57. The number of alkyl carbamates (subject to hydrolysis) is 1. The maximum Gasteiger partial charge on any atom is 0.408 e. The molecule has 0 heterocycles. The van der Waals surface area contributed by atoms with Crippen molar-refractivity contribution in [3.63, 3.8) is 0 Å². The smallest absolute Gasteiger partial charge is 0.408 e. The van der Waals surface area contributed by atoms with Gasteiger partial charge in [-0.2, -0.15) is 0 Å². The monoisotopic (exact) mass is 517 g/mol. The molecule has 210 valence electrons. The van der Waals surface area contributed by atoms with E-state index in [1.165, 1.54) is 19.3 Å². The molecule has 0 radical (unpaired) electrons. The average Bonchev–Trinajstić information content (AvgIpc) is 2.79. The number of carbonyl (C=O) groups is 3. The number of aryl methyl sites for hydroxylation is 2. The molecule has 1 aromatic carbocycles. The van der Waals surface area contributed by atoms with Gasteiger partial charge in [-0.1, -0.05) is 76.1 Å². The summed E-state index contributed by atoms with van der Waals surface area (Å²) in [4.78, 5) is 41.2. The summed E-state index contributed by atoms with van der Waals surface area (Å²) in [6.45, 7) is 15.8. The second-order valence-corrected chi connectivity index (χ2v) is 11.2. The second-order valence-electron chi connectivity index (χ2n) is 11.2. The van der Waals surface area contributed by atoms with Crippen LogP contribution in [0.5, 0.6) is 0 Å². The van der Waals surface area contributed by atoms with E-state index < -0.39 is 17.7 Å². The first kappa shape index (κ1) is 32.5. The molecule has 7 nitrogen and oxygen atoms in total. The van der Waals surface area contributed by atoms with E-state index in [1.54, 1.807) is 25.7 Å². The van der Waals surface area contributed by atoms with Gasteiger partial charge in [0.2, 0.25) is 11.8 Å². The van der Waals surface area contributed by atoms with Crippen molar-refractivity contribution in [3.05, 3.63) is 34.9 Å². The molecule has 0 aliphatic carbocycles. The molecule has 0 aliphatic heterocycles. The van der Waals surface area contributed by atoms with Crippen LogP contribution in [0.2, 0.25) is 0 Å². The van der Waals surface area contributed by atoms with Crippen LogP contribution >= 0.6 is 0 Å². The normalized spacial score (nSPS) is 13.0. The number of hydrogen-bond donors (Lipinski definition) is 2. The van der Waals surface area contributed by atoms with Crippen LogP contribution in [0.15, 0.2) is 18.2 Å². The molecule has 0 spiro atoms. The van der Waals surface area contributed by atoms with Gasteiger partial charge in [0.1, 0.15) is 18.2 Å². The third kappa shape index (κ3) is 12.5. The maximum atomic E-state index is 13.7. The highest BCUT2D eigenvalue weighted by atomic mass is 16.6. The Bertz CT molecular complexity index is 863. The summed E-state index contributed by atoms with van der Waals surface area (Å²) in [5.74, 6) is -0.491. The van der Waals surface area contributed by atoms with Gasteiger partial charge in [-0.3, -0.25) is 9.59 Å². The third-order valence-corrected chi connectivity index (χ3v) is 6.26. The van der Waals surface area contributed by atoms with Gasteiger partial charge in [-0.15, -0.1) is 0 Å². The highest BCUT2D eigenvalue weighted by Gasteiger charge is 2.33. The quantitative estimate of drug-likeness (QED) is 0.265. The van der Waals surface area contributed by atoms with Gasteiger partial charge in [0.25, 0.3) is 0 Å². The van der Waals surface area contributed by atoms with Gasteiger partial charge in [0.15, 0.2) is 0 Å². The summed E-state index contributed by atoms with van der Waals surface area (Å²) in [5, 5.41) is 5.72. The Labute approximate surface area is 225 Å². The first-order valence-electron chi connectivity index (χ1n) is 14.0. The molecule has 0 saturated heterocycles. The number of nitrogens with one attached hydrogen (secondary N) is 2. The molecular weight excluding hydrogens is 466 g/mol. The number of unbranched alkanes of at least 4 members (excludes halogenated alkanes) is 5. The van der Waals surface area contributed by atoms with Gasteiger partial charge in [-0.05, 0) is 65.5 Å². The standard InChI is InChI=1S/C30H51N3O4/c1-9-11-12-13-14-15-19-33(26(34)21-31-29(36)37-30(6,7)8)27(28(35)32-24(5)16-10-2)25-20-22(3)17-18-23(25)4/h17-18,20,24,27H,9-16,19,21H2,1-8H3,(H,31,36)(H,32,35). The summed E-state index contributed by atoms with van der Waals surface area (Å²) in [6, 6.07) is 5.22. The summed E-state index contributed by atoms with van der Waals surface area (Å²) in [7, 11) is 0. The lowest BCUT2D eigenvalue weighted by Crippen LogP contribution is -2.49. The van der Waals surface area contributed by atoms with Crippen molar-refractivity contribution in [2.45, 2.75) is 124 Å². The molecule has 1 rings (SSSR count). The fourth-order valence-electron chi connectivity index (χ4n) is 4.36. The minimum absolute atomic E-state index is 0.00370. The Morgan fingerprint density at radius 3 is 2.24 bits per heavy atom. The Kier molecular flexibility index (Phi) is 14.3. The molecule has 1 aromatic rings. The van der Waals surface area contributed by atoms with Crippen molar-refractivity contribution in [3.8, 4) is 0 Å². The lowest BCUT2D eigenvalue weighted by atomic mass is 9.96. The van der Waals surface area contributed by atoms with E-state index in [0.717, 1.165) is 48.8 Å². The van der Waals surface area contributed by atoms with Gasteiger partial charge in [0.05, 0.1) is 0 Å². The van der Waals surface area contributed by atoms with Gasteiger partial charge in [-0.25, -0.2) is 4.79 Å². The number of amides is 3. The van der Waals surface area contributed by atoms with Crippen LogP contribution in [-0.2, 0) is 14.3 Å². The zero-order valence-corrected chi connectivity index (χ0v) is 24.5. The molecule has 0 aliphatic rings. The number of hydrogen-bond acceptors (Lipinski definition) is 4. The number of carbonyl (C=O) groups excluding carboxylic acids is 3.